The Morgan fingerprint density at radius 3 is 2.43 bits per heavy atom. The minimum atomic E-state index is -4.18. The van der Waals surface area contributed by atoms with Gasteiger partial charge in [0.1, 0.15) is 23.2 Å². The van der Waals surface area contributed by atoms with Crippen molar-refractivity contribution >= 4 is 33.3 Å². The highest BCUT2D eigenvalue weighted by Crippen LogP contribution is 2.36. The summed E-state index contributed by atoms with van der Waals surface area (Å²) in [5.41, 5.74) is 1.30. The van der Waals surface area contributed by atoms with Gasteiger partial charge in [-0.2, -0.15) is 0 Å². The second kappa shape index (κ2) is 12.0. The smallest absolute Gasteiger partial charge is 0.321 e. The number of benzene rings is 1. The number of aromatic nitrogens is 2. The number of fused-ring (bicyclic) bond motifs is 1. The second-order valence-corrected chi connectivity index (χ2v) is 12.2. The predicted octanol–water partition coefficient (Wildman–Crippen LogP) is 3.08. The van der Waals surface area contributed by atoms with Crippen molar-refractivity contribution in [2.45, 2.75) is 58.6 Å². The van der Waals surface area contributed by atoms with Gasteiger partial charge in [0.05, 0.1) is 30.4 Å². The number of ether oxygens (including phenoxy) is 1. The van der Waals surface area contributed by atoms with E-state index >= 15 is 0 Å². The van der Waals surface area contributed by atoms with Gasteiger partial charge in [0.15, 0.2) is 22.2 Å². The number of hydrogen-bond acceptors (Lipinski definition) is 10. The standard InChI is InChI=1S/C27H36N6O8S/c1-14-11-33(15(2)13-34)26(35)20-9-8-10-21(31-42(37,38)25-17(4)30-41-19(25)6)24(20)39-22(14)12-32(7)27(36)28-23-16(3)29-40-18(23)5/h8-10,14-15,22,31,34H,11-13H2,1-7H3,(H,28,36)/t14-,15-,22-/m0/s1. The molecule has 0 fully saturated rings. The van der Waals surface area contributed by atoms with Crippen molar-refractivity contribution in [1.29, 1.82) is 0 Å². The number of carbonyl (C=O) groups excluding carboxylic acids is 2. The maximum atomic E-state index is 13.7. The number of nitrogens with one attached hydrogen (secondary N) is 2. The van der Waals surface area contributed by atoms with E-state index in [-0.39, 0.29) is 59.0 Å². The van der Waals surface area contributed by atoms with E-state index in [1.54, 1.807) is 27.8 Å². The van der Waals surface area contributed by atoms with Crippen molar-refractivity contribution in [3.8, 4) is 5.75 Å². The molecule has 228 valence electrons. The summed E-state index contributed by atoms with van der Waals surface area (Å²) in [5.74, 6) is -0.196. The Balaban J connectivity index is 1.71. The van der Waals surface area contributed by atoms with E-state index < -0.39 is 34.1 Å². The first-order chi connectivity index (χ1) is 19.7. The second-order valence-electron chi connectivity index (χ2n) is 10.6. The van der Waals surface area contributed by atoms with E-state index in [9.17, 15) is 23.1 Å². The number of nitrogens with zero attached hydrogens (tertiary/aromatic N) is 4. The lowest BCUT2D eigenvalue weighted by Gasteiger charge is -2.38. The number of aliphatic hydroxyl groups excluding tert-OH is 1. The van der Waals surface area contributed by atoms with Crippen LogP contribution in [0, 0.1) is 33.6 Å². The fourth-order valence-corrected chi connectivity index (χ4v) is 6.21. The molecule has 3 amide bonds. The van der Waals surface area contributed by atoms with Crippen LogP contribution < -0.4 is 14.8 Å². The molecular weight excluding hydrogens is 568 g/mol. The Morgan fingerprint density at radius 2 is 1.83 bits per heavy atom. The fourth-order valence-electron chi connectivity index (χ4n) is 4.81. The number of para-hydroxylation sites is 1. The van der Waals surface area contributed by atoms with Crippen LogP contribution >= 0.6 is 0 Å². The van der Waals surface area contributed by atoms with Gasteiger partial charge in [0.2, 0.25) is 0 Å². The summed E-state index contributed by atoms with van der Waals surface area (Å²) < 4.78 is 45.9. The van der Waals surface area contributed by atoms with Gasteiger partial charge >= 0.3 is 6.03 Å². The Bertz CT molecular complexity index is 1540. The Kier molecular flexibility index (Phi) is 8.82. The first kappa shape index (κ1) is 30.8. The zero-order valence-corrected chi connectivity index (χ0v) is 25.4. The van der Waals surface area contributed by atoms with E-state index in [4.69, 9.17) is 13.8 Å². The predicted molar refractivity (Wildman–Crippen MR) is 152 cm³/mol. The van der Waals surface area contributed by atoms with Crippen LogP contribution in [0.5, 0.6) is 5.75 Å². The number of anilines is 2. The summed E-state index contributed by atoms with van der Waals surface area (Å²) in [4.78, 5) is 29.6. The molecule has 1 aliphatic heterocycles. The summed E-state index contributed by atoms with van der Waals surface area (Å²) in [6.07, 6.45) is -0.685. The van der Waals surface area contributed by atoms with Crippen LogP contribution in [0.2, 0.25) is 0 Å². The van der Waals surface area contributed by atoms with Gasteiger partial charge in [-0.1, -0.05) is 23.3 Å². The molecule has 15 heteroatoms. The van der Waals surface area contributed by atoms with Crippen LogP contribution in [0.3, 0.4) is 0 Å². The molecule has 3 heterocycles. The van der Waals surface area contributed by atoms with Crippen molar-refractivity contribution < 1.29 is 36.9 Å². The van der Waals surface area contributed by atoms with Gasteiger partial charge in [0, 0.05) is 19.5 Å². The number of urea groups is 1. The molecular formula is C27H36N6O8S. The first-order valence-electron chi connectivity index (χ1n) is 13.4. The van der Waals surface area contributed by atoms with Crippen LogP contribution in [-0.4, -0.2) is 84.5 Å². The van der Waals surface area contributed by atoms with E-state index in [1.807, 2.05) is 6.92 Å². The van der Waals surface area contributed by atoms with Gasteiger partial charge in [-0.25, -0.2) is 13.2 Å². The van der Waals surface area contributed by atoms with Crippen molar-refractivity contribution in [3.05, 3.63) is 46.7 Å². The Morgan fingerprint density at radius 1 is 1.17 bits per heavy atom. The molecule has 2 aromatic heterocycles. The average Bonchev–Trinajstić information content (AvgIpc) is 3.45. The summed E-state index contributed by atoms with van der Waals surface area (Å²) in [6, 6.07) is 3.58. The summed E-state index contributed by atoms with van der Waals surface area (Å²) in [5, 5.41) is 20.3. The third-order valence-electron chi connectivity index (χ3n) is 7.24. The zero-order valence-electron chi connectivity index (χ0n) is 24.6. The molecule has 0 spiro atoms. The first-order valence-corrected chi connectivity index (χ1v) is 14.9. The third kappa shape index (κ3) is 6.06. The number of likely N-dealkylation sites (N-methyl/N-ethyl adjacent to an activating group) is 1. The quantitative estimate of drug-likeness (QED) is 0.346. The molecule has 0 radical (unpaired) electrons. The molecule has 3 aromatic rings. The molecule has 0 aliphatic carbocycles. The van der Waals surface area contributed by atoms with Gasteiger partial charge in [-0.15, -0.1) is 0 Å². The molecule has 0 saturated carbocycles. The lowest BCUT2D eigenvalue weighted by molar-refractivity contribution is 0.0373. The lowest BCUT2D eigenvalue weighted by atomic mass is 9.99. The highest BCUT2D eigenvalue weighted by Gasteiger charge is 2.36. The molecule has 3 atom stereocenters. The topological polar surface area (TPSA) is 180 Å². The van der Waals surface area contributed by atoms with Gasteiger partial charge in [0.25, 0.3) is 15.9 Å². The summed E-state index contributed by atoms with van der Waals surface area (Å²) in [7, 11) is -2.59. The lowest BCUT2D eigenvalue weighted by Crippen LogP contribution is -2.50. The zero-order chi connectivity index (χ0) is 30.9. The number of aryl methyl sites for hydroxylation is 4. The Labute approximate surface area is 244 Å². The normalized spacial score (nSPS) is 18.0. The fraction of sp³-hybridized carbons (Fsp3) is 0.481. The van der Waals surface area contributed by atoms with Gasteiger partial charge < -0.3 is 34.0 Å². The van der Waals surface area contributed by atoms with Crippen molar-refractivity contribution in [2.75, 3.05) is 36.8 Å². The van der Waals surface area contributed by atoms with Gasteiger partial charge in [-0.3, -0.25) is 9.52 Å². The van der Waals surface area contributed by atoms with Crippen molar-refractivity contribution in [3.63, 3.8) is 0 Å². The van der Waals surface area contributed by atoms with E-state index in [2.05, 4.69) is 20.4 Å². The van der Waals surface area contributed by atoms with Crippen LogP contribution in [0.1, 0.15) is 47.1 Å². The van der Waals surface area contributed by atoms with Crippen LogP contribution in [0.4, 0.5) is 16.2 Å². The summed E-state index contributed by atoms with van der Waals surface area (Å²) in [6.45, 7) is 9.99. The van der Waals surface area contributed by atoms with E-state index in [1.165, 1.54) is 41.8 Å². The average molecular weight is 605 g/mol. The third-order valence-corrected chi connectivity index (χ3v) is 8.85. The number of aliphatic hydroxyl groups is 1. The van der Waals surface area contributed by atoms with Crippen LogP contribution in [0.25, 0.3) is 0 Å². The van der Waals surface area contributed by atoms with Gasteiger partial charge in [-0.05, 0) is 46.8 Å². The van der Waals surface area contributed by atoms with Crippen molar-refractivity contribution in [1.82, 2.24) is 20.1 Å². The molecule has 4 rings (SSSR count). The number of hydrogen-bond donors (Lipinski definition) is 3. The van der Waals surface area contributed by atoms with Crippen LogP contribution in [-0.2, 0) is 10.0 Å². The number of carbonyl (C=O) groups is 2. The van der Waals surface area contributed by atoms with E-state index in [0.717, 1.165) is 0 Å². The molecule has 42 heavy (non-hydrogen) atoms. The van der Waals surface area contributed by atoms with Crippen LogP contribution in [0.15, 0.2) is 32.1 Å². The van der Waals surface area contributed by atoms with E-state index in [0.29, 0.717) is 17.1 Å². The molecule has 0 saturated heterocycles. The molecule has 3 N–H and O–H groups in total. The van der Waals surface area contributed by atoms with Crippen molar-refractivity contribution in [2.24, 2.45) is 5.92 Å². The molecule has 14 nitrogen and oxygen atoms in total. The monoisotopic (exact) mass is 604 g/mol. The SMILES string of the molecule is Cc1noc(C)c1NC(=O)N(C)C[C@@H]1Oc2c(NS(=O)(=O)c3c(C)noc3C)cccc2C(=O)N([C@@H](C)CO)C[C@@H]1C. The number of rotatable bonds is 8. The largest absolute Gasteiger partial charge is 0.485 e. The Hall–Kier alpha value is -4.11. The molecule has 1 aromatic carbocycles. The number of amides is 3. The molecule has 0 unspecified atom stereocenters. The highest BCUT2D eigenvalue weighted by molar-refractivity contribution is 7.92. The maximum absolute atomic E-state index is 13.7. The highest BCUT2D eigenvalue weighted by atomic mass is 32.2. The molecule has 0 bridgehead atoms. The molecule has 1 aliphatic rings. The maximum Gasteiger partial charge on any atom is 0.321 e. The minimum absolute atomic E-state index is 0.00376. The minimum Gasteiger partial charge on any atom is -0.485 e. The number of sulfonamides is 1. The summed E-state index contributed by atoms with van der Waals surface area (Å²) >= 11 is 0.